The average Bonchev–Trinajstić information content (AvgIpc) is 2.20. The lowest BCUT2D eigenvalue weighted by atomic mass is 9.82. The first-order chi connectivity index (χ1) is 6.29. The van der Waals surface area contributed by atoms with Crippen LogP contribution in [0, 0.1) is 5.92 Å². The molecule has 0 saturated heterocycles. The van der Waals surface area contributed by atoms with E-state index in [4.69, 9.17) is 0 Å². The van der Waals surface area contributed by atoms with Crippen molar-refractivity contribution in [1.82, 2.24) is 0 Å². The van der Waals surface area contributed by atoms with E-state index in [1.54, 1.807) is 0 Å². The Balaban J connectivity index is 2.75. The minimum absolute atomic E-state index is 0.754. The first-order valence-electron chi connectivity index (χ1n) is 5.25. The standard InChI is InChI=1S/C13H20/c1-4-11(3)13(5-2)12-9-7-6-8-10-12/h4-5,12H,1-2,6-10H2,3H3/b13-11+. The summed E-state index contributed by atoms with van der Waals surface area (Å²) in [6.45, 7) is 9.86. The second kappa shape index (κ2) is 5.06. The molecule has 0 heterocycles. The summed E-state index contributed by atoms with van der Waals surface area (Å²) < 4.78 is 0. The monoisotopic (exact) mass is 176 g/mol. The lowest BCUT2D eigenvalue weighted by Crippen LogP contribution is -2.08. The van der Waals surface area contributed by atoms with Crippen LogP contribution < -0.4 is 0 Å². The molecule has 0 aliphatic heterocycles. The van der Waals surface area contributed by atoms with Crippen LogP contribution >= 0.6 is 0 Å². The molecule has 0 heteroatoms. The Kier molecular flexibility index (Phi) is 4.01. The van der Waals surface area contributed by atoms with E-state index in [1.807, 2.05) is 12.2 Å². The number of rotatable bonds is 3. The summed E-state index contributed by atoms with van der Waals surface area (Å²) in [4.78, 5) is 0. The molecule has 0 amide bonds. The number of hydrogen-bond acceptors (Lipinski definition) is 0. The summed E-state index contributed by atoms with van der Waals surface area (Å²) in [5.41, 5.74) is 2.73. The van der Waals surface area contributed by atoms with Crippen LogP contribution in [-0.2, 0) is 0 Å². The molecule has 0 spiro atoms. The molecular formula is C13H20. The Morgan fingerprint density at radius 1 is 1.08 bits per heavy atom. The summed E-state index contributed by atoms with van der Waals surface area (Å²) in [6.07, 6.45) is 10.8. The van der Waals surface area contributed by atoms with Gasteiger partial charge in [0.2, 0.25) is 0 Å². The summed E-state index contributed by atoms with van der Waals surface area (Å²) in [5, 5.41) is 0. The maximum Gasteiger partial charge on any atom is -0.0160 e. The Hall–Kier alpha value is -0.780. The SMILES string of the molecule is C=C/C(C)=C(\C=C)C1CCCCC1. The third kappa shape index (κ3) is 2.58. The Bertz CT molecular complexity index is 214. The van der Waals surface area contributed by atoms with Crippen molar-refractivity contribution < 1.29 is 0 Å². The first kappa shape index (κ1) is 10.3. The molecule has 13 heavy (non-hydrogen) atoms. The fraction of sp³-hybridized carbons (Fsp3) is 0.538. The van der Waals surface area contributed by atoms with Gasteiger partial charge in [0, 0.05) is 0 Å². The van der Waals surface area contributed by atoms with Gasteiger partial charge in [-0.2, -0.15) is 0 Å². The lowest BCUT2D eigenvalue weighted by molar-refractivity contribution is 0.407. The lowest BCUT2D eigenvalue weighted by Gasteiger charge is -2.23. The molecule has 0 N–H and O–H groups in total. The van der Waals surface area contributed by atoms with Crippen LogP contribution in [0.4, 0.5) is 0 Å². The van der Waals surface area contributed by atoms with Crippen molar-refractivity contribution in [3.8, 4) is 0 Å². The van der Waals surface area contributed by atoms with E-state index in [9.17, 15) is 0 Å². The van der Waals surface area contributed by atoms with E-state index in [0.29, 0.717) is 0 Å². The van der Waals surface area contributed by atoms with Crippen LogP contribution in [0.1, 0.15) is 39.0 Å². The third-order valence-corrected chi connectivity index (χ3v) is 3.03. The van der Waals surface area contributed by atoms with Crippen molar-refractivity contribution in [2.75, 3.05) is 0 Å². The highest BCUT2D eigenvalue weighted by Crippen LogP contribution is 2.31. The van der Waals surface area contributed by atoms with Crippen LogP contribution in [-0.4, -0.2) is 0 Å². The maximum absolute atomic E-state index is 3.90. The highest BCUT2D eigenvalue weighted by atomic mass is 14.2. The second-order valence-corrected chi connectivity index (χ2v) is 3.88. The van der Waals surface area contributed by atoms with Gasteiger partial charge in [-0.3, -0.25) is 0 Å². The summed E-state index contributed by atoms with van der Waals surface area (Å²) in [7, 11) is 0. The van der Waals surface area contributed by atoms with E-state index in [2.05, 4.69) is 20.1 Å². The van der Waals surface area contributed by atoms with Crippen molar-refractivity contribution in [3.63, 3.8) is 0 Å². The smallest absolute Gasteiger partial charge is 0.0160 e. The molecule has 1 saturated carbocycles. The average molecular weight is 176 g/mol. The molecule has 72 valence electrons. The van der Waals surface area contributed by atoms with Crippen molar-refractivity contribution in [3.05, 3.63) is 36.5 Å². The molecule has 0 aromatic heterocycles. The molecule has 1 fully saturated rings. The summed E-state index contributed by atoms with van der Waals surface area (Å²) in [5.74, 6) is 0.754. The van der Waals surface area contributed by atoms with Gasteiger partial charge in [0.05, 0.1) is 0 Å². The zero-order chi connectivity index (χ0) is 9.68. The van der Waals surface area contributed by atoms with Gasteiger partial charge in [0.25, 0.3) is 0 Å². The topological polar surface area (TPSA) is 0 Å². The number of hydrogen-bond donors (Lipinski definition) is 0. The van der Waals surface area contributed by atoms with E-state index >= 15 is 0 Å². The Morgan fingerprint density at radius 2 is 1.69 bits per heavy atom. The molecule has 1 aliphatic rings. The van der Waals surface area contributed by atoms with Gasteiger partial charge in [-0.25, -0.2) is 0 Å². The fourth-order valence-corrected chi connectivity index (χ4v) is 2.18. The summed E-state index contributed by atoms with van der Waals surface area (Å²) >= 11 is 0. The minimum Gasteiger partial charge on any atom is -0.0988 e. The van der Waals surface area contributed by atoms with Crippen LogP contribution in [0.3, 0.4) is 0 Å². The highest BCUT2D eigenvalue weighted by Gasteiger charge is 2.16. The predicted octanol–water partition coefficient (Wildman–Crippen LogP) is 4.26. The van der Waals surface area contributed by atoms with Crippen molar-refractivity contribution in [2.24, 2.45) is 5.92 Å². The predicted molar refractivity (Wildman–Crippen MR) is 59.7 cm³/mol. The summed E-state index contributed by atoms with van der Waals surface area (Å²) in [6, 6.07) is 0. The first-order valence-corrected chi connectivity index (χ1v) is 5.25. The van der Waals surface area contributed by atoms with Crippen molar-refractivity contribution in [1.29, 1.82) is 0 Å². The normalized spacial score (nSPS) is 20.7. The zero-order valence-corrected chi connectivity index (χ0v) is 8.68. The molecule has 0 bridgehead atoms. The second-order valence-electron chi connectivity index (χ2n) is 3.88. The molecular weight excluding hydrogens is 156 g/mol. The molecule has 1 aliphatic carbocycles. The van der Waals surface area contributed by atoms with Gasteiger partial charge in [0.1, 0.15) is 0 Å². The number of allylic oxidation sites excluding steroid dienone is 4. The van der Waals surface area contributed by atoms with Crippen LogP contribution in [0.15, 0.2) is 36.5 Å². The Morgan fingerprint density at radius 3 is 2.15 bits per heavy atom. The van der Waals surface area contributed by atoms with Gasteiger partial charge in [-0.15, -0.1) is 0 Å². The molecule has 1 rings (SSSR count). The van der Waals surface area contributed by atoms with E-state index in [0.717, 1.165) is 5.92 Å². The van der Waals surface area contributed by atoms with Crippen LogP contribution in [0.25, 0.3) is 0 Å². The minimum atomic E-state index is 0.754. The van der Waals surface area contributed by atoms with Crippen LogP contribution in [0.5, 0.6) is 0 Å². The zero-order valence-electron chi connectivity index (χ0n) is 8.68. The molecule has 0 nitrogen and oxygen atoms in total. The molecule has 0 aromatic carbocycles. The van der Waals surface area contributed by atoms with Gasteiger partial charge in [-0.05, 0) is 36.8 Å². The van der Waals surface area contributed by atoms with Crippen LogP contribution in [0.2, 0.25) is 0 Å². The molecule has 0 unspecified atom stereocenters. The van der Waals surface area contributed by atoms with Gasteiger partial charge in [0.15, 0.2) is 0 Å². The van der Waals surface area contributed by atoms with Gasteiger partial charge >= 0.3 is 0 Å². The van der Waals surface area contributed by atoms with Gasteiger partial charge in [-0.1, -0.05) is 44.6 Å². The molecule has 0 aromatic rings. The quantitative estimate of drug-likeness (QED) is 0.564. The molecule has 0 atom stereocenters. The largest absolute Gasteiger partial charge is 0.0988 e. The highest BCUT2D eigenvalue weighted by molar-refractivity contribution is 5.31. The van der Waals surface area contributed by atoms with E-state index in [1.165, 1.54) is 43.3 Å². The Labute approximate surface area is 82.0 Å². The third-order valence-electron chi connectivity index (χ3n) is 3.03. The molecule has 0 radical (unpaired) electrons. The van der Waals surface area contributed by atoms with Crippen molar-refractivity contribution in [2.45, 2.75) is 39.0 Å². The van der Waals surface area contributed by atoms with E-state index < -0.39 is 0 Å². The van der Waals surface area contributed by atoms with Gasteiger partial charge < -0.3 is 0 Å². The fourth-order valence-electron chi connectivity index (χ4n) is 2.18. The van der Waals surface area contributed by atoms with Crippen molar-refractivity contribution >= 4 is 0 Å². The maximum atomic E-state index is 3.90. The van der Waals surface area contributed by atoms with E-state index in [-0.39, 0.29) is 0 Å².